The standard InChI is InChI=1S/C10H17NO2/c1-11(2)6-10-5-7(10)3-4-8(10)9(12)13/h7-8H,3-6H2,1-2H3,(H,12,13). The molecule has 0 aromatic rings. The van der Waals surface area contributed by atoms with Crippen LogP contribution < -0.4 is 0 Å². The van der Waals surface area contributed by atoms with E-state index in [0.717, 1.165) is 25.8 Å². The maximum atomic E-state index is 11.0. The van der Waals surface area contributed by atoms with Crippen LogP contribution in [-0.2, 0) is 4.79 Å². The van der Waals surface area contributed by atoms with Crippen molar-refractivity contribution in [1.82, 2.24) is 4.90 Å². The van der Waals surface area contributed by atoms with E-state index in [1.165, 1.54) is 0 Å². The maximum absolute atomic E-state index is 11.0. The highest BCUT2D eigenvalue weighted by Crippen LogP contribution is 2.66. The van der Waals surface area contributed by atoms with E-state index in [2.05, 4.69) is 4.90 Å². The summed E-state index contributed by atoms with van der Waals surface area (Å²) in [5.74, 6) is 0.0535. The van der Waals surface area contributed by atoms with E-state index in [1.807, 2.05) is 14.1 Å². The van der Waals surface area contributed by atoms with E-state index in [0.29, 0.717) is 5.92 Å². The largest absolute Gasteiger partial charge is 0.481 e. The van der Waals surface area contributed by atoms with Crippen LogP contribution >= 0.6 is 0 Å². The van der Waals surface area contributed by atoms with Gasteiger partial charge in [0.2, 0.25) is 0 Å². The fourth-order valence-electron chi connectivity index (χ4n) is 3.13. The zero-order valence-corrected chi connectivity index (χ0v) is 8.29. The van der Waals surface area contributed by atoms with Crippen LogP contribution in [0, 0.1) is 17.3 Å². The monoisotopic (exact) mass is 183 g/mol. The highest BCUT2D eigenvalue weighted by molar-refractivity contribution is 5.72. The molecular weight excluding hydrogens is 166 g/mol. The quantitative estimate of drug-likeness (QED) is 0.711. The Hall–Kier alpha value is -0.570. The summed E-state index contributed by atoms with van der Waals surface area (Å²) in [6.07, 6.45) is 3.17. The van der Waals surface area contributed by atoms with Gasteiger partial charge in [-0.05, 0) is 44.7 Å². The van der Waals surface area contributed by atoms with Crippen LogP contribution in [-0.4, -0.2) is 36.6 Å². The maximum Gasteiger partial charge on any atom is 0.307 e. The summed E-state index contributed by atoms with van der Waals surface area (Å²) in [5, 5.41) is 9.07. The summed E-state index contributed by atoms with van der Waals surface area (Å²) < 4.78 is 0. The van der Waals surface area contributed by atoms with E-state index in [4.69, 9.17) is 5.11 Å². The van der Waals surface area contributed by atoms with Gasteiger partial charge in [0, 0.05) is 6.54 Å². The molecule has 74 valence electrons. The van der Waals surface area contributed by atoms with Gasteiger partial charge in [-0.15, -0.1) is 0 Å². The second-order valence-electron chi connectivity index (χ2n) is 4.84. The number of carbonyl (C=O) groups is 1. The van der Waals surface area contributed by atoms with Crippen molar-refractivity contribution < 1.29 is 9.90 Å². The van der Waals surface area contributed by atoms with Crippen molar-refractivity contribution in [2.24, 2.45) is 17.3 Å². The third-order valence-electron chi connectivity index (χ3n) is 3.69. The molecule has 0 heterocycles. The van der Waals surface area contributed by atoms with Gasteiger partial charge in [-0.1, -0.05) is 0 Å². The van der Waals surface area contributed by atoms with E-state index in [9.17, 15) is 4.79 Å². The molecular formula is C10H17NO2. The molecule has 2 fully saturated rings. The second-order valence-corrected chi connectivity index (χ2v) is 4.84. The molecule has 0 bridgehead atoms. The highest BCUT2D eigenvalue weighted by Gasteiger charge is 2.64. The summed E-state index contributed by atoms with van der Waals surface area (Å²) in [4.78, 5) is 13.1. The van der Waals surface area contributed by atoms with Gasteiger partial charge in [-0.3, -0.25) is 4.79 Å². The van der Waals surface area contributed by atoms with E-state index in [1.54, 1.807) is 0 Å². The van der Waals surface area contributed by atoms with Gasteiger partial charge in [0.15, 0.2) is 0 Å². The third-order valence-corrected chi connectivity index (χ3v) is 3.69. The normalized spacial score (nSPS) is 42.1. The fraction of sp³-hybridized carbons (Fsp3) is 0.900. The zero-order chi connectivity index (χ0) is 9.64. The minimum atomic E-state index is -0.582. The first kappa shape index (κ1) is 9.00. The van der Waals surface area contributed by atoms with Crippen LogP contribution in [0.1, 0.15) is 19.3 Å². The summed E-state index contributed by atoms with van der Waals surface area (Å²) in [7, 11) is 4.06. The van der Waals surface area contributed by atoms with Gasteiger partial charge in [0.1, 0.15) is 0 Å². The third kappa shape index (κ3) is 1.26. The molecule has 3 heteroatoms. The molecule has 3 atom stereocenters. The Labute approximate surface area is 78.7 Å². The van der Waals surface area contributed by atoms with Crippen LogP contribution in [0.2, 0.25) is 0 Å². The topological polar surface area (TPSA) is 40.5 Å². The van der Waals surface area contributed by atoms with E-state index < -0.39 is 5.97 Å². The molecule has 2 aliphatic carbocycles. The lowest BCUT2D eigenvalue weighted by Crippen LogP contribution is -2.32. The molecule has 3 unspecified atom stereocenters. The van der Waals surface area contributed by atoms with Gasteiger partial charge in [0.25, 0.3) is 0 Å². The average Bonchev–Trinajstić information content (AvgIpc) is 2.54. The van der Waals surface area contributed by atoms with E-state index >= 15 is 0 Å². The molecule has 1 N–H and O–H groups in total. The van der Waals surface area contributed by atoms with Crippen LogP contribution in [0.3, 0.4) is 0 Å². The average molecular weight is 183 g/mol. The van der Waals surface area contributed by atoms with Gasteiger partial charge in [-0.2, -0.15) is 0 Å². The van der Waals surface area contributed by atoms with Gasteiger partial charge >= 0.3 is 5.97 Å². The van der Waals surface area contributed by atoms with Gasteiger partial charge in [0.05, 0.1) is 5.92 Å². The molecule has 2 rings (SSSR count). The Morgan fingerprint density at radius 1 is 1.54 bits per heavy atom. The molecule has 2 aliphatic rings. The molecule has 13 heavy (non-hydrogen) atoms. The first-order valence-corrected chi connectivity index (χ1v) is 4.94. The summed E-state index contributed by atoms with van der Waals surface area (Å²) in [5.41, 5.74) is 0.148. The molecule has 2 saturated carbocycles. The summed E-state index contributed by atoms with van der Waals surface area (Å²) >= 11 is 0. The predicted octanol–water partition coefficient (Wildman–Crippen LogP) is 1.05. The number of aliphatic carboxylic acids is 1. The predicted molar refractivity (Wildman–Crippen MR) is 49.5 cm³/mol. The highest BCUT2D eigenvalue weighted by atomic mass is 16.4. The zero-order valence-electron chi connectivity index (χ0n) is 8.29. The summed E-state index contributed by atoms with van der Waals surface area (Å²) in [6, 6.07) is 0. The van der Waals surface area contributed by atoms with E-state index in [-0.39, 0.29) is 11.3 Å². The van der Waals surface area contributed by atoms with Gasteiger partial charge in [-0.25, -0.2) is 0 Å². The number of hydrogen-bond donors (Lipinski definition) is 1. The minimum absolute atomic E-state index is 0.0695. The molecule has 0 aliphatic heterocycles. The Morgan fingerprint density at radius 3 is 2.69 bits per heavy atom. The molecule has 0 aromatic carbocycles. The Morgan fingerprint density at radius 2 is 2.23 bits per heavy atom. The number of carboxylic acids is 1. The lowest BCUT2D eigenvalue weighted by Gasteiger charge is -2.23. The van der Waals surface area contributed by atoms with Crippen LogP contribution in [0.4, 0.5) is 0 Å². The lowest BCUT2D eigenvalue weighted by molar-refractivity contribution is -0.144. The second kappa shape index (κ2) is 2.71. The van der Waals surface area contributed by atoms with Crippen LogP contribution in [0.15, 0.2) is 0 Å². The van der Waals surface area contributed by atoms with Crippen molar-refractivity contribution in [3.8, 4) is 0 Å². The number of fused-ring (bicyclic) bond motifs is 1. The number of rotatable bonds is 3. The van der Waals surface area contributed by atoms with Crippen molar-refractivity contribution in [3.63, 3.8) is 0 Å². The number of hydrogen-bond acceptors (Lipinski definition) is 2. The Bertz CT molecular complexity index is 239. The molecule has 0 spiro atoms. The van der Waals surface area contributed by atoms with Crippen molar-refractivity contribution >= 4 is 5.97 Å². The number of nitrogens with zero attached hydrogens (tertiary/aromatic N) is 1. The molecule has 0 saturated heterocycles. The van der Waals surface area contributed by atoms with Crippen molar-refractivity contribution in [2.75, 3.05) is 20.6 Å². The van der Waals surface area contributed by atoms with Crippen molar-refractivity contribution in [1.29, 1.82) is 0 Å². The molecule has 0 radical (unpaired) electrons. The SMILES string of the molecule is CN(C)CC12CC1CCC2C(=O)O. The number of carboxylic acid groups (broad SMARTS) is 1. The smallest absolute Gasteiger partial charge is 0.307 e. The molecule has 0 aromatic heterocycles. The Kier molecular flexibility index (Phi) is 1.88. The minimum Gasteiger partial charge on any atom is -0.481 e. The van der Waals surface area contributed by atoms with Crippen molar-refractivity contribution in [2.45, 2.75) is 19.3 Å². The Balaban J connectivity index is 2.09. The molecule has 3 nitrogen and oxygen atoms in total. The van der Waals surface area contributed by atoms with Gasteiger partial charge < -0.3 is 10.0 Å². The fourth-order valence-corrected chi connectivity index (χ4v) is 3.13. The van der Waals surface area contributed by atoms with Crippen LogP contribution in [0.25, 0.3) is 0 Å². The van der Waals surface area contributed by atoms with Crippen molar-refractivity contribution in [3.05, 3.63) is 0 Å². The summed E-state index contributed by atoms with van der Waals surface area (Å²) in [6.45, 7) is 0.953. The van der Waals surface area contributed by atoms with Crippen LogP contribution in [0.5, 0.6) is 0 Å². The first-order chi connectivity index (χ1) is 6.06. The first-order valence-electron chi connectivity index (χ1n) is 4.94. The lowest BCUT2D eigenvalue weighted by atomic mass is 9.90. The molecule has 0 amide bonds.